The first kappa shape index (κ1) is 11.5. The fourth-order valence-corrected chi connectivity index (χ4v) is 2.35. The number of alkyl halides is 1. The molecule has 1 rings (SSSR count). The summed E-state index contributed by atoms with van der Waals surface area (Å²) in [4.78, 5) is 0.162. The molecule has 0 saturated heterocycles. The lowest BCUT2D eigenvalue weighted by atomic mass is 10.5. The van der Waals surface area contributed by atoms with Crippen molar-refractivity contribution in [3.8, 4) is 0 Å². The molecule has 0 aliphatic heterocycles. The molecular weight excluding hydrogens is 226 g/mol. The maximum Gasteiger partial charge on any atom is 0.243 e. The molecule has 0 amide bonds. The smallest absolute Gasteiger partial charge is 0.243 e. The van der Waals surface area contributed by atoms with Crippen molar-refractivity contribution < 1.29 is 8.42 Å². The van der Waals surface area contributed by atoms with E-state index in [1.807, 2.05) is 0 Å². The number of nitrogens with one attached hydrogen (secondary N) is 2. The first-order valence-electron chi connectivity index (χ1n) is 4.07. The Bertz CT molecular complexity index is 399. The van der Waals surface area contributed by atoms with Crippen LogP contribution >= 0.6 is 11.6 Å². The van der Waals surface area contributed by atoms with E-state index in [4.69, 9.17) is 11.6 Å². The molecule has 0 spiro atoms. The lowest BCUT2D eigenvalue weighted by molar-refractivity contribution is 0.580. The molecule has 5 nitrogen and oxygen atoms in total. The first-order valence-corrected chi connectivity index (χ1v) is 5.99. The van der Waals surface area contributed by atoms with Crippen molar-refractivity contribution in [3.63, 3.8) is 0 Å². The van der Waals surface area contributed by atoms with Crippen molar-refractivity contribution in [2.75, 3.05) is 6.54 Å². The van der Waals surface area contributed by atoms with Gasteiger partial charge in [0.25, 0.3) is 0 Å². The number of halogens is 1. The normalized spacial score (nSPS) is 14.2. The fraction of sp³-hybridized carbons (Fsp3) is 0.571. The Hall–Kier alpha value is -0.590. The molecule has 0 aliphatic rings. The van der Waals surface area contributed by atoms with Gasteiger partial charge in [0, 0.05) is 11.9 Å². The molecule has 0 fully saturated rings. The lowest BCUT2D eigenvalue weighted by Gasteiger charge is -2.06. The van der Waals surface area contributed by atoms with Gasteiger partial charge in [0.1, 0.15) is 4.90 Å². The number of hydrogen-bond donors (Lipinski definition) is 2. The van der Waals surface area contributed by atoms with E-state index in [2.05, 4.69) is 14.9 Å². The Morgan fingerprint density at radius 2 is 2.36 bits per heavy atom. The van der Waals surface area contributed by atoms with Crippen LogP contribution in [0.3, 0.4) is 0 Å². The number of sulfonamides is 1. The highest BCUT2D eigenvalue weighted by Crippen LogP contribution is 2.10. The van der Waals surface area contributed by atoms with Gasteiger partial charge in [-0.3, -0.25) is 5.10 Å². The van der Waals surface area contributed by atoms with Crippen LogP contribution in [-0.4, -0.2) is 30.5 Å². The second-order valence-corrected chi connectivity index (χ2v) is 5.47. The Balaban J connectivity index is 2.82. The van der Waals surface area contributed by atoms with Gasteiger partial charge in [0.05, 0.1) is 11.9 Å². The van der Waals surface area contributed by atoms with Crippen LogP contribution in [0.25, 0.3) is 0 Å². The largest absolute Gasteiger partial charge is 0.281 e. The summed E-state index contributed by atoms with van der Waals surface area (Å²) in [5.41, 5.74) is 0.514. The molecule has 0 aromatic carbocycles. The van der Waals surface area contributed by atoms with E-state index in [0.29, 0.717) is 5.69 Å². The third-order valence-electron chi connectivity index (χ3n) is 1.63. The Kier molecular flexibility index (Phi) is 3.52. The van der Waals surface area contributed by atoms with Gasteiger partial charge in [-0.25, -0.2) is 13.1 Å². The highest BCUT2D eigenvalue weighted by molar-refractivity contribution is 7.89. The summed E-state index contributed by atoms with van der Waals surface area (Å²) in [6.45, 7) is 3.56. The quantitative estimate of drug-likeness (QED) is 0.754. The van der Waals surface area contributed by atoms with E-state index in [-0.39, 0.29) is 16.8 Å². The number of nitrogens with zero attached hydrogens (tertiary/aromatic N) is 1. The van der Waals surface area contributed by atoms with E-state index >= 15 is 0 Å². The second kappa shape index (κ2) is 4.29. The van der Waals surface area contributed by atoms with E-state index in [1.165, 1.54) is 6.20 Å². The van der Waals surface area contributed by atoms with Crippen molar-refractivity contribution in [2.24, 2.45) is 0 Å². The van der Waals surface area contributed by atoms with Crippen LogP contribution in [0.4, 0.5) is 0 Å². The van der Waals surface area contributed by atoms with Crippen molar-refractivity contribution >= 4 is 21.6 Å². The summed E-state index contributed by atoms with van der Waals surface area (Å²) < 4.78 is 25.6. The summed E-state index contributed by atoms with van der Waals surface area (Å²) in [5.74, 6) is 0. The van der Waals surface area contributed by atoms with Crippen LogP contribution in [0.2, 0.25) is 0 Å². The summed E-state index contributed by atoms with van der Waals surface area (Å²) in [6, 6.07) is 0. The Morgan fingerprint density at radius 1 is 1.71 bits per heavy atom. The van der Waals surface area contributed by atoms with Crippen molar-refractivity contribution in [2.45, 2.75) is 24.1 Å². The van der Waals surface area contributed by atoms with Crippen LogP contribution in [0.1, 0.15) is 12.6 Å². The fourth-order valence-electron chi connectivity index (χ4n) is 0.913. The average molecular weight is 238 g/mol. The van der Waals surface area contributed by atoms with Gasteiger partial charge in [0.2, 0.25) is 10.0 Å². The number of aromatic amines is 1. The lowest BCUT2D eigenvalue weighted by Crippen LogP contribution is -2.28. The molecule has 0 aliphatic carbocycles. The topological polar surface area (TPSA) is 74.8 Å². The van der Waals surface area contributed by atoms with Crippen LogP contribution < -0.4 is 4.72 Å². The molecule has 1 heterocycles. The highest BCUT2D eigenvalue weighted by atomic mass is 35.5. The maximum atomic E-state index is 11.6. The van der Waals surface area contributed by atoms with E-state index in [1.54, 1.807) is 13.8 Å². The third kappa shape index (κ3) is 2.70. The van der Waals surface area contributed by atoms with Crippen LogP contribution in [0.15, 0.2) is 11.1 Å². The van der Waals surface area contributed by atoms with Gasteiger partial charge in [-0.15, -0.1) is 11.6 Å². The monoisotopic (exact) mass is 237 g/mol. The molecule has 80 valence electrons. The minimum atomic E-state index is -3.47. The predicted molar refractivity (Wildman–Crippen MR) is 53.8 cm³/mol. The summed E-state index contributed by atoms with van der Waals surface area (Å²) in [6.07, 6.45) is 1.27. The molecule has 1 atom stereocenters. The van der Waals surface area contributed by atoms with E-state index in [0.717, 1.165) is 0 Å². The van der Waals surface area contributed by atoms with Gasteiger partial charge in [-0.05, 0) is 13.8 Å². The Labute approximate surface area is 87.9 Å². The van der Waals surface area contributed by atoms with Crippen molar-refractivity contribution in [3.05, 3.63) is 11.9 Å². The van der Waals surface area contributed by atoms with Crippen molar-refractivity contribution in [1.82, 2.24) is 14.9 Å². The zero-order valence-electron chi connectivity index (χ0n) is 7.91. The van der Waals surface area contributed by atoms with Gasteiger partial charge >= 0.3 is 0 Å². The Morgan fingerprint density at radius 3 is 2.79 bits per heavy atom. The SMILES string of the molecule is Cc1[nH]ncc1S(=O)(=O)NCC(C)Cl. The van der Waals surface area contributed by atoms with E-state index in [9.17, 15) is 8.42 Å². The number of aryl methyl sites for hydroxylation is 1. The molecule has 7 heteroatoms. The zero-order chi connectivity index (χ0) is 10.8. The summed E-state index contributed by atoms with van der Waals surface area (Å²) in [5, 5.41) is 5.96. The molecule has 2 N–H and O–H groups in total. The van der Waals surface area contributed by atoms with Gasteiger partial charge in [-0.1, -0.05) is 0 Å². The molecule has 0 saturated carbocycles. The van der Waals surface area contributed by atoms with Crippen LogP contribution in [-0.2, 0) is 10.0 Å². The average Bonchev–Trinajstić information content (AvgIpc) is 2.48. The molecule has 0 radical (unpaired) electrons. The molecule has 1 unspecified atom stereocenters. The van der Waals surface area contributed by atoms with Crippen LogP contribution in [0.5, 0.6) is 0 Å². The molecule has 14 heavy (non-hydrogen) atoms. The minimum Gasteiger partial charge on any atom is -0.281 e. The molecule has 1 aromatic rings. The molecule has 1 aromatic heterocycles. The number of aromatic nitrogens is 2. The number of rotatable bonds is 4. The number of hydrogen-bond acceptors (Lipinski definition) is 3. The van der Waals surface area contributed by atoms with Gasteiger partial charge in [0.15, 0.2) is 0 Å². The summed E-state index contributed by atoms with van der Waals surface area (Å²) in [7, 11) is -3.47. The number of H-pyrrole nitrogens is 1. The predicted octanol–water partition coefficient (Wildman–Crippen LogP) is 0.624. The summed E-state index contributed by atoms with van der Waals surface area (Å²) >= 11 is 5.63. The highest BCUT2D eigenvalue weighted by Gasteiger charge is 2.18. The van der Waals surface area contributed by atoms with Crippen LogP contribution in [0, 0.1) is 6.92 Å². The van der Waals surface area contributed by atoms with Crippen molar-refractivity contribution in [1.29, 1.82) is 0 Å². The molecular formula is C7H12ClN3O2S. The standard InChI is InChI=1S/C7H12ClN3O2S/c1-5(8)3-10-14(12,13)7-4-9-11-6(7)2/h4-5,10H,3H2,1-2H3,(H,9,11). The zero-order valence-corrected chi connectivity index (χ0v) is 9.48. The second-order valence-electron chi connectivity index (χ2n) is 2.99. The van der Waals surface area contributed by atoms with E-state index < -0.39 is 10.0 Å². The maximum absolute atomic E-state index is 11.6. The van der Waals surface area contributed by atoms with Gasteiger partial charge in [-0.2, -0.15) is 5.10 Å². The first-order chi connectivity index (χ1) is 6.43. The van der Waals surface area contributed by atoms with Gasteiger partial charge < -0.3 is 0 Å². The molecule has 0 bridgehead atoms. The third-order valence-corrected chi connectivity index (χ3v) is 3.32. The minimum absolute atomic E-state index is 0.162.